The Bertz CT molecular complexity index is 504. The van der Waals surface area contributed by atoms with Gasteiger partial charge in [0.1, 0.15) is 0 Å². The minimum absolute atomic E-state index is 0.00882. The highest BCUT2D eigenvalue weighted by Gasteiger charge is 2.29. The van der Waals surface area contributed by atoms with Gasteiger partial charge in [0, 0.05) is 0 Å². The zero-order valence-electron chi connectivity index (χ0n) is 10.3. The first-order chi connectivity index (χ1) is 8.29. The summed E-state index contributed by atoms with van der Waals surface area (Å²) < 4.78 is 17.1. The normalized spacial score (nSPS) is 15.9. The molecule has 0 spiro atoms. The summed E-state index contributed by atoms with van der Waals surface area (Å²) >= 11 is 0. The first kappa shape index (κ1) is 14.7. The molecule has 6 nitrogen and oxygen atoms in total. The van der Waals surface area contributed by atoms with Crippen molar-refractivity contribution in [3.63, 3.8) is 0 Å². The second-order valence-electron chi connectivity index (χ2n) is 3.95. The molecule has 0 aliphatic carbocycles. The van der Waals surface area contributed by atoms with E-state index in [1.165, 1.54) is 18.2 Å². The molecule has 0 radical (unpaired) electrons. The fraction of sp³-hybridized carbons (Fsp3) is 0.364. The zero-order chi connectivity index (χ0) is 13.9. The van der Waals surface area contributed by atoms with E-state index in [0.717, 1.165) is 0 Å². The van der Waals surface area contributed by atoms with Crippen LogP contribution in [0.4, 0.5) is 5.69 Å². The summed E-state index contributed by atoms with van der Waals surface area (Å²) in [5.41, 5.74) is 10.7. The molecule has 100 valence electrons. The van der Waals surface area contributed by atoms with E-state index in [4.69, 9.17) is 16.0 Å². The molecule has 18 heavy (non-hydrogen) atoms. The van der Waals surface area contributed by atoms with Gasteiger partial charge in [-0.25, -0.2) is 0 Å². The van der Waals surface area contributed by atoms with Crippen LogP contribution < -0.4 is 16.8 Å². The van der Waals surface area contributed by atoms with Crippen LogP contribution in [0.5, 0.6) is 0 Å². The predicted molar refractivity (Wildman–Crippen MR) is 69.7 cm³/mol. The number of para-hydroxylation sites is 1. The van der Waals surface area contributed by atoms with Gasteiger partial charge in [-0.1, -0.05) is 13.0 Å². The molecule has 1 aromatic rings. The second kappa shape index (κ2) is 5.52. The average molecular weight is 272 g/mol. The van der Waals surface area contributed by atoms with Crippen molar-refractivity contribution in [2.75, 3.05) is 5.73 Å². The number of carbonyl (C=O) groups is 1. The van der Waals surface area contributed by atoms with Crippen molar-refractivity contribution >= 4 is 24.5 Å². The molecule has 0 saturated carbocycles. The summed E-state index contributed by atoms with van der Waals surface area (Å²) in [5, 5.41) is -0.0981. The first-order valence-corrected chi connectivity index (χ1v) is 7.07. The first-order valence-electron chi connectivity index (χ1n) is 5.49. The van der Waals surface area contributed by atoms with Crippen LogP contribution in [0.3, 0.4) is 0 Å². The number of amides is 1. The van der Waals surface area contributed by atoms with Crippen LogP contribution in [0.2, 0.25) is 0 Å². The highest BCUT2D eigenvalue weighted by molar-refractivity contribution is 7.61. The monoisotopic (exact) mass is 272 g/mol. The number of benzene rings is 1. The molecule has 0 heterocycles. The van der Waals surface area contributed by atoms with E-state index in [9.17, 15) is 14.3 Å². The molecule has 1 aromatic carbocycles. The zero-order valence-corrected chi connectivity index (χ0v) is 11.2. The van der Waals surface area contributed by atoms with E-state index in [-0.39, 0.29) is 16.6 Å². The topological polar surface area (TPSA) is 116 Å². The molecule has 0 bridgehead atoms. The Morgan fingerprint density at radius 3 is 2.67 bits per heavy atom. The molecule has 0 fully saturated rings. The van der Waals surface area contributed by atoms with Gasteiger partial charge in [0.15, 0.2) is 0 Å². The van der Waals surface area contributed by atoms with Gasteiger partial charge in [-0.15, -0.1) is 0 Å². The van der Waals surface area contributed by atoms with Gasteiger partial charge < -0.3 is 20.9 Å². The van der Waals surface area contributed by atoms with Gasteiger partial charge in [0.25, 0.3) is 5.91 Å². The lowest BCUT2D eigenvalue weighted by Crippen LogP contribution is -2.21. The molecule has 2 atom stereocenters. The Kier molecular flexibility index (Phi) is 4.51. The molecular weight excluding hydrogens is 255 g/mol. The van der Waals surface area contributed by atoms with Crippen LogP contribution in [0.15, 0.2) is 18.2 Å². The molecule has 0 aromatic heterocycles. The van der Waals surface area contributed by atoms with Crippen LogP contribution in [0.25, 0.3) is 0 Å². The minimum atomic E-state index is -4.05. The summed E-state index contributed by atoms with van der Waals surface area (Å²) in [5.74, 6) is -0.752. The molecule has 0 aliphatic rings. The number of nitrogen functional groups attached to an aromatic ring is 1. The number of primary amides is 1. The summed E-state index contributed by atoms with van der Waals surface area (Å²) in [6.07, 6.45) is 0.192. The van der Waals surface area contributed by atoms with Crippen LogP contribution in [0, 0.1) is 0 Å². The molecule has 7 heteroatoms. The molecule has 2 unspecified atom stereocenters. The number of hydrogen-bond donors (Lipinski definition) is 3. The maximum atomic E-state index is 12.1. The van der Waals surface area contributed by atoms with Crippen LogP contribution in [0.1, 0.15) is 30.6 Å². The standard InChI is InChI=1S/C11H17N2O4P/c1-3-7(2)17-18(15,16)9-6-4-5-8(10(9)12)11(13)14/h4-7H,3,12H2,1-2H3,(H2,13,14)(H,15,16). The van der Waals surface area contributed by atoms with Gasteiger partial charge in [0.2, 0.25) is 0 Å². The smallest absolute Gasteiger partial charge is 0.361 e. The second-order valence-corrected chi connectivity index (χ2v) is 5.68. The number of nitrogens with two attached hydrogens (primary N) is 2. The fourth-order valence-corrected chi connectivity index (χ4v) is 2.84. The van der Waals surface area contributed by atoms with Crippen LogP contribution in [-0.2, 0) is 9.09 Å². The van der Waals surface area contributed by atoms with E-state index in [1.807, 2.05) is 6.92 Å². The average Bonchev–Trinajstić information content (AvgIpc) is 2.27. The number of carbonyl (C=O) groups excluding carboxylic acids is 1. The quantitative estimate of drug-likeness (QED) is 0.546. The van der Waals surface area contributed by atoms with Crippen molar-refractivity contribution in [2.45, 2.75) is 26.4 Å². The van der Waals surface area contributed by atoms with Crippen LogP contribution >= 0.6 is 7.60 Å². The lowest BCUT2D eigenvalue weighted by molar-refractivity contribution is 0.100. The Morgan fingerprint density at radius 1 is 1.56 bits per heavy atom. The molecule has 0 aliphatic heterocycles. The van der Waals surface area contributed by atoms with E-state index in [2.05, 4.69) is 0 Å². The highest BCUT2D eigenvalue weighted by atomic mass is 31.2. The summed E-state index contributed by atoms with van der Waals surface area (Å²) in [4.78, 5) is 21.0. The third kappa shape index (κ3) is 3.10. The van der Waals surface area contributed by atoms with Gasteiger partial charge in [-0.05, 0) is 25.5 Å². The molecular formula is C11H17N2O4P. The van der Waals surface area contributed by atoms with Gasteiger partial charge in [0.05, 0.1) is 22.7 Å². The van der Waals surface area contributed by atoms with E-state index in [1.54, 1.807) is 6.92 Å². The molecule has 5 N–H and O–H groups in total. The Balaban J connectivity index is 3.21. The van der Waals surface area contributed by atoms with E-state index >= 15 is 0 Å². The van der Waals surface area contributed by atoms with Gasteiger partial charge in [-0.3, -0.25) is 9.36 Å². The van der Waals surface area contributed by atoms with Crippen molar-refractivity contribution < 1.29 is 18.8 Å². The number of hydrogen-bond acceptors (Lipinski definition) is 4. The van der Waals surface area contributed by atoms with Crippen LogP contribution in [-0.4, -0.2) is 16.9 Å². The van der Waals surface area contributed by atoms with Gasteiger partial charge in [-0.2, -0.15) is 0 Å². The van der Waals surface area contributed by atoms with E-state index in [0.29, 0.717) is 6.42 Å². The predicted octanol–water partition coefficient (Wildman–Crippen LogP) is 0.994. The maximum Gasteiger partial charge on any atom is 0.361 e. The Morgan fingerprint density at radius 2 is 2.17 bits per heavy atom. The lowest BCUT2D eigenvalue weighted by atomic mass is 10.2. The van der Waals surface area contributed by atoms with Crippen molar-refractivity contribution in [1.82, 2.24) is 0 Å². The van der Waals surface area contributed by atoms with E-state index < -0.39 is 19.6 Å². The molecule has 0 saturated heterocycles. The number of anilines is 1. The van der Waals surface area contributed by atoms with Crippen molar-refractivity contribution in [2.24, 2.45) is 5.73 Å². The van der Waals surface area contributed by atoms with Crippen molar-refractivity contribution in [3.05, 3.63) is 23.8 Å². The molecule has 1 amide bonds. The third-order valence-electron chi connectivity index (χ3n) is 2.55. The lowest BCUT2D eigenvalue weighted by Gasteiger charge is -2.18. The fourth-order valence-electron chi connectivity index (χ4n) is 1.39. The molecule has 1 rings (SSSR count). The minimum Gasteiger partial charge on any atom is -0.397 e. The summed E-state index contributed by atoms with van der Waals surface area (Å²) in [7, 11) is -4.05. The van der Waals surface area contributed by atoms with Crippen molar-refractivity contribution in [3.8, 4) is 0 Å². The largest absolute Gasteiger partial charge is 0.397 e. The highest BCUT2D eigenvalue weighted by Crippen LogP contribution is 2.44. The number of rotatable bonds is 5. The maximum absolute atomic E-state index is 12.1. The summed E-state index contributed by atoms with van der Waals surface area (Å²) in [6.45, 7) is 3.50. The summed E-state index contributed by atoms with van der Waals surface area (Å²) in [6, 6.07) is 4.18. The Labute approximate surface area is 105 Å². The van der Waals surface area contributed by atoms with Crippen molar-refractivity contribution in [1.29, 1.82) is 0 Å². The SMILES string of the molecule is CCC(C)OP(=O)(O)c1cccc(C(N)=O)c1N. The third-order valence-corrected chi connectivity index (χ3v) is 4.20. The Hall–Kier alpha value is -1.36. The van der Waals surface area contributed by atoms with Gasteiger partial charge >= 0.3 is 7.60 Å².